The van der Waals surface area contributed by atoms with Gasteiger partial charge in [0.15, 0.2) is 0 Å². The molecule has 0 aromatic heterocycles. The molecule has 0 aliphatic carbocycles. The van der Waals surface area contributed by atoms with E-state index in [1.165, 1.54) is 0 Å². The van der Waals surface area contributed by atoms with Crippen molar-refractivity contribution in [1.82, 2.24) is 0 Å². The first-order valence-corrected chi connectivity index (χ1v) is 4.65. The first-order valence-electron chi connectivity index (χ1n) is 4.65. The van der Waals surface area contributed by atoms with E-state index in [4.69, 9.17) is 10.00 Å². The highest BCUT2D eigenvalue weighted by molar-refractivity contribution is 5.31. The van der Waals surface area contributed by atoms with Crippen LogP contribution >= 0.6 is 0 Å². The van der Waals surface area contributed by atoms with Crippen LogP contribution in [-0.4, -0.2) is 12.8 Å². The highest BCUT2D eigenvalue weighted by Crippen LogP contribution is 2.19. The second kappa shape index (κ2) is 5.52. The minimum atomic E-state index is -4.18. The van der Waals surface area contributed by atoms with Gasteiger partial charge in [0, 0.05) is 0 Å². The average Bonchev–Trinajstić information content (AvgIpc) is 2.24. The molecule has 0 heterocycles. The van der Waals surface area contributed by atoms with Crippen molar-refractivity contribution in [3.05, 3.63) is 35.4 Å². The summed E-state index contributed by atoms with van der Waals surface area (Å²) < 4.78 is 40.2. The second-order valence-electron chi connectivity index (χ2n) is 3.23. The summed E-state index contributed by atoms with van der Waals surface area (Å²) in [5.41, 5.74) is 1.26. The summed E-state index contributed by atoms with van der Waals surface area (Å²) in [6, 6.07) is 8.47. The molecule has 1 aromatic rings. The number of nitriles is 1. The van der Waals surface area contributed by atoms with Crippen molar-refractivity contribution in [1.29, 1.82) is 5.26 Å². The number of hydrogen-bond donors (Lipinski definition) is 0. The lowest BCUT2D eigenvalue weighted by molar-refractivity contribution is -0.146. The van der Waals surface area contributed by atoms with Gasteiger partial charge >= 0.3 is 6.18 Å². The Kier molecular flexibility index (Phi) is 4.32. The fourth-order valence-electron chi connectivity index (χ4n) is 1.05. The molecule has 0 fully saturated rings. The van der Waals surface area contributed by atoms with Gasteiger partial charge in [-0.1, -0.05) is 12.1 Å². The maximum Gasteiger partial charge on any atom is 0.391 e. The molecule has 0 amide bonds. The molecule has 0 N–H and O–H groups in total. The van der Waals surface area contributed by atoms with Gasteiger partial charge in [-0.15, -0.1) is 0 Å². The van der Waals surface area contributed by atoms with Crippen molar-refractivity contribution >= 4 is 0 Å². The van der Waals surface area contributed by atoms with Gasteiger partial charge in [0.1, 0.15) is 0 Å². The summed E-state index contributed by atoms with van der Waals surface area (Å²) >= 11 is 0. The van der Waals surface area contributed by atoms with Crippen LogP contribution in [0.4, 0.5) is 13.2 Å². The number of rotatable bonds is 4. The molecule has 0 aliphatic heterocycles. The topological polar surface area (TPSA) is 33.0 Å². The molecule has 0 bridgehead atoms. The van der Waals surface area contributed by atoms with E-state index in [-0.39, 0.29) is 13.2 Å². The first-order chi connectivity index (χ1) is 7.51. The molecule has 2 nitrogen and oxygen atoms in total. The van der Waals surface area contributed by atoms with E-state index in [9.17, 15) is 13.2 Å². The van der Waals surface area contributed by atoms with E-state index in [2.05, 4.69) is 0 Å². The summed E-state index contributed by atoms with van der Waals surface area (Å²) in [7, 11) is 0. The lowest BCUT2D eigenvalue weighted by Gasteiger charge is -2.07. The minimum absolute atomic E-state index is 0.127. The van der Waals surface area contributed by atoms with Crippen molar-refractivity contribution in [2.45, 2.75) is 19.2 Å². The van der Waals surface area contributed by atoms with Gasteiger partial charge in [-0.2, -0.15) is 18.4 Å². The van der Waals surface area contributed by atoms with E-state index in [1.54, 1.807) is 24.3 Å². The van der Waals surface area contributed by atoms with Crippen LogP contribution in [0, 0.1) is 11.3 Å². The summed E-state index contributed by atoms with van der Waals surface area (Å²) in [6.45, 7) is -0.217. The van der Waals surface area contributed by atoms with Crippen molar-refractivity contribution in [3.8, 4) is 6.07 Å². The van der Waals surface area contributed by atoms with Crippen LogP contribution < -0.4 is 0 Å². The van der Waals surface area contributed by atoms with Gasteiger partial charge < -0.3 is 4.74 Å². The SMILES string of the molecule is N#Cc1ccc(COCCC(F)(F)F)cc1. The highest BCUT2D eigenvalue weighted by Gasteiger charge is 2.26. The summed E-state index contributed by atoms with van der Waals surface area (Å²) in [5, 5.41) is 8.53. The molecule has 0 saturated carbocycles. The summed E-state index contributed by atoms with van der Waals surface area (Å²) in [4.78, 5) is 0. The van der Waals surface area contributed by atoms with E-state index in [0.29, 0.717) is 5.56 Å². The number of hydrogen-bond acceptors (Lipinski definition) is 2. The second-order valence-corrected chi connectivity index (χ2v) is 3.23. The van der Waals surface area contributed by atoms with Crippen LogP contribution in [0.5, 0.6) is 0 Å². The Morgan fingerprint density at radius 3 is 2.31 bits per heavy atom. The first kappa shape index (κ1) is 12.5. The Hall–Kier alpha value is -1.54. The molecular weight excluding hydrogens is 219 g/mol. The normalized spacial score (nSPS) is 11.1. The molecule has 16 heavy (non-hydrogen) atoms. The molecule has 86 valence electrons. The van der Waals surface area contributed by atoms with E-state index >= 15 is 0 Å². The number of nitrogens with zero attached hydrogens (tertiary/aromatic N) is 1. The van der Waals surface area contributed by atoms with Gasteiger partial charge in [0.25, 0.3) is 0 Å². The van der Waals surface area contributed by atoms with Crippen LogP contribution in [-0.2, 0) is 11.3 Å². The zero-order valence-corrected chi connectivity index (χ0v) is 8.42. The van der Waals surface area contributed by atoms with E-state index < -0.39 is 12.6 Å². The van der Waals surface area contributed by atoms with Crippen LogP contribution in [0.15, 0.2) is 24.3 Å². The lowest BCUT2D eigenvalue weighted by atomic mass is 10.2. The van der Waals surface area contributed by atoms with Gasteiger partial charge in [-0.3, -0.25) is 0 Å². The fourth-order valence-corrected chi connectivity index (χ4v) is 1.05. The molecule has 0 saturated heterocycles. The van der Waals surface area contributed by atoms with E-state index in [0.717, 1.165) is 5.56 Å². The molecule has 0 spiro atoms. The molecule has 0 atom stereocenters. The third-order valence-corrected chi connectivity index (χ3v) is 1.88. The van der Waals surface area contributed by atoms with Gasteiger partial charge in [0.2, 0.25) is 0 Å². The minimum Gasteiger partial charge on any atom is -0.376 e. The zero-order chi connectivity index (χ0) is 12.0. The predicted octanol–water partition coefficient (Wildman–Crippen LogP) is 3.03. The van der Waals surface area contributed by atoms with E-state index in [1.807, 2.05) is 6.07 Å². The van der Waals surface area contributed by atoms with Gasteiger partial charge in [0.05, 0.1) is 31.3 Å². The Balaban J connectivity index is 2.30. The van der Waals surface area contributed by atoms with Crippen molar-refractivity contribution < 1.29 is 17.9 Å². The molecule has 5 heteroatoms. The largest absolute Gasteiger partial charge is 0.391 e. The number of ether oxygens (including phenoxy) is 1. The smallest absolute Gasteiger partial charge is 0.376 e. The Labute approximate surface area is 91.3 Å². The Morgan fingerprint density at radius 1 is 1.19 bits per heavy atom. The molecule has 1 rings (SSSR count). The maximum absolute atomic E-state index is 11.8. The van der Waals surface area contributed by atoms with Crippen molar-refractivity contribution in [3.63, 3.8) is 0 Å². The Bertz CT molecular complexity index is 364. The highest BCUT2D eigenvalue weighted by atomic mass is 19.4. The molecule has 0 radical (unpaired) electrons. The summed E-state index contributed by atoms with van der Waals surface area (Å²) in [5.74, 6) is 0. The van der Waals surface area contributed by atoms with Crippen molar-refractivity contribution in [2.75, 3.05) is 6.61 Å². The molecule has 0 unspecified atom stereocenters. The summed E-state index contributed by atoms with van der Waals surface area (Å²) in [6.07, 6.45) is -5.12. The predicted molar refractivity (Wildman–Crippen MR) is 51.5 cm³/mol. The van der Waals surface area contributed by atoms with Crippen LogP contribution in [0.1, 0.15) is 17.5 Å². The fraction of sp³-hybridized carbons (Fsp3) is 0.364. The number of benzene rings is 1. The monoisotopic (exact) mass is 229 g/mol. The maximum atomic E-state index is 11.8. The number of halogens is 3. The molecule has 0 aliphatic rings. The quantitative estimate of drug-likeness (QED) is 0.743. The van der Waals surface area contributed by atoms with Crippen LogP contribution in [0.2, 0.25) is 0 Å². The van der Waals surface area contributed by atoms with Crippen molar-refractivity contribution in [2.24, 2.45) is 0 Å². The molecular formula is C11H10F3NO. The third-order valence-electron chi connectivity index (χ3n) is 1.88. The number of alkyl halides is 3. The lowest BCUT2D eigenvalue weighted by Crippen LogP contribution is -2.11. The molecule has 1 aromatic carbocycles. The standard InChI is InChI=1S/C11H10F3NO/c12-11(13,14)5-6-16-8-10-3-1-9(7-15)2-4-10/h1-4H,5-6,8H2. The van der Waals surface area contributed by atoms with Crippen LogP contribution in [0.3, 0.4) is 0 Å². The van der Waals surface area contributed by atoms with Crippen LogP contribution in [0.25, 0.3) is 0 Å². The zero-order valence-electron chi connectivity index (χ0n) is 8.42. The average molecular weight is 229 g/mol. The van der Waals surface area contributed by atoms with Gasteiger partial charge in [-0.25, -0.2) is 0 Å². The van der Waals surface area contributed by atoms with Gasteiger partial charge in [-0.05, 0) is 17.7 Å². The Morgan fingerprint density at radius 2 is 1.81 bits per heavy atom. The third kappa shape index (κ3) is 4.80.